The van der Waals surface area contributed by atoms with Crippen molar-refractivity contribution in [3.63, 3.8) is 0 Å². The molecule has 2 bridgehead atoms. The van der Waals surface area contributed by atoms with E-state index in [0.29, 0.717) is 29.8 Å². The molecule has 0 radical (unpaired) electrons. The SMILES string of the molecule is CC(C)C(N)CCN(C)C(=O)CC1CC2CCC(C1)N2. The fourth-order valence-corrected chi connectivity index (χ4v) is 3.55. The van der Waals surface area contributed by atoms with Gasteiger partial charge in [0, 0.05) is 38.1 Å². The second-order valence-corrected chi connectivity index (χ2v) is 7.19. The molecule has 4 heteroatoms. The van der Waals surface area contributed by atoms with Gasteiger partial charge in [-0.25, -0.2) is 0 Å². The van der Waals surface area contributed by atoms with Crippen LogP contribution in [0, 0.1) is 11.8 Å². The number of rotatable bonds is 6. The summed E-state index contributed by atoms with van der Waals surface area (Å²) in [6.07, 6.45) is 6.59. The lowest BCUT2D eigenvalue weighted by Crippen LogP contribution is -2.40. The fraction of sp³-hybridized carbons (Fsp3) is 0.938. The van der Waals surface area contributed by atoms with E-state index in [1.807, 2.05) is 11.9 Å². The molecule has 0 spiro atoms. The highest BCUT2D eigenvalue weighted by Gasteiger charge is 2.34. The molecule has 0 aromatic heterocycles. The summed E-state index contributed by atoms with van der Waals surface area (Å²) < 4.78 is 0. The summed E-state index contributed by atoms with van der Waals surface area (Å²) in [7, 11) is 1.92. The van der Waals surface area contributed by atoms with Gasteiger partial charge in [-0.2, -0.15) is 0 Å². The fourth-order valence-electron chi connectivity index (χ4n) is 3.55. The van der Waals surface area contributed by atoms with Gasteiger partial charge < -0.3 is 16.0 Å². The van der Waals surface area contributed by atoms with Crippen LogP contribution in [0.15, 0.2) is 0 Å². The maximum absolute atomic E-state index is 12.3. The number of amides is 1. The number of carbonyl (C=O) groups excluding carboxylic acids is 1. The molecule has 3 atom stereocenters. The van der Waals surface area contributed by atoms with E-state index in [-0.39, 0.29) is 6.04 Å². The highest BCUT2D eigenvalue weighted by molar-refractivity contribution is 5.76. The van der Waals surface area contributed by atoms with E-state index < -0.39 is 0 Å². The minimum atomic E-state index is 0.194. The highest BCUT2D eigenvalue weighted by Crippen LogP contribution is 2.32. The molecule has 0 aliphatic carbocycles. The van der Waals surface area contributed by atoms with Crippen LogP contribution in [0.4, 0.5) is 0 Å². The number of hydrogen-bond acceptors (Lipinski definition) is 3. The van der Waals surface area contributed by atoms with Gasteiger partial charge in [0.1, 0.15) is 0 Å². The van der Waals surface area contributed by atoms with Crippen LogP contribution in [-0.2, 0) is 4.79 Å². The van der Waals surface area contributed by atoms with E-state index in [2.05, 4.69) is 19.2 Å². The molecule has 2 aliphatic heterocycles. The highest BCUT2D eigenvalue weighted by atomic mass is 16.2. The molecule has 20 heavy (non-hydrogen) atoms. The van der Waals surface area contributed by atoms with Crippen molar-refractivity contribution in [1.29, 1.82) is 0 Å². The van der Waals surface area contributed by atoms with E-state index >= 15 is 0 Å². The molecule has 2 aliphatic rings. The molecular formula is C16H31N3O. The minimum Gasteiger partial charge on any atom is -0.346 e. The lowest BCUT2D eigenvalue weighted by Gasteiger charge is -2.30. The van der Waals surface area contributed by atoms with Gasteiger partial charge in [0.15, 0.2) is 0 Å². The molecule has 1 amide bonds. The lowest BCUT2D eigenvalue weighted by molar-refractivity contribution is -0.131. The van der Waals surface area contributed by atoms with Crippen molar-refractivity contribution in [2.45, 2.75) is 70.5 Å². The summed E-state index contributed by atoms with van der Waals surface area (Å²) in [5.74, 6) is 1.37. The first-order chi connectivity index (χ1) is 9.45. The van der Waals surface area contributed by atoms with Crippen molar-refractivity contribution in [3.05, 3.63) is 0 Å². The van der Waals surface area contributed by atoms with Crippen molar-refractivity contribution >= 4 is 5.91 Å². The molecule has 2 rings (SSSR count). The Hall–Kier alpha value is -0.610. The topological polar surface area (TPSA) is 58.4 Å². The molecule has 3 N–H and O–H groups in total. The van der Waals surface area contributed by atoms with E-state index in [1.165, 1.54) is 25.7 Å². The van der Waals surface area contributed by atoms with Gasteiger partial charge in [0.05, 0.1) is 0 Å². The van der Waals surface area contributed by atoms with E-state index in [0.717, 1.165) is 19.4 Å². The third-order valence-corrected chi connectivity index (χ3v) is 5.11. The standard InChI is InChI=1S/C16H31N3O/c1-11(2)15(17)6-7-19(3)16(20)10-12-8-13-4-5-14(9-12)18-13/h11-15,18H,4-10,17H2,1-3H3. The monoisotopic (exact) mass is 281 g/mol. The Morgan fingerprint density at radius 2 is 1.90 bits per heavy atom. The number of carbonyl (C=O) groups is 1. The van der Waals surface area contributed by atoms with Crippen LogP contribution in [0.3, 0.4) is 0 Å². The Bertz CT molecular complexity index is 320. The summed E-state index contributed by atoms with van der Waals surface area (Å²) in [6.45, 7) is 5.06. The third kappa shape index (κ3) is 4.19. The van der Waals surface area contributed by atoms with Crippen LogP contribution >= 0.6 is 0 Å². The molecule has 2 heterocycles. The first-order valence-corrected chi connectivity index (χ1v) is 8.21. The summed E-state index contributed by atoms with van der Waals surface area (Å²) in [5, 5.41) is 3.63. The number of nitrogens with one attached hydrogen (secondary N) is 1. The molecule has 0 saturated carbocycles. The van der Waals surface area contributed by atoms with E-state index in [1.54, 1.807) is 0 Å². The number of nitrogens with two attached hydrogens (primary N) is 1. The van der Waals surface area contributed by atoms with Crippen LogP contribution in [0.5, 0.6) is 0 Å². The Morgan fingerprint density at radius 3 is 2.45 bits per heavy atom. The normalized spacial score (nSPS) is 30.6. The summed E-state index contributed by atoms with van der Waals surface area (Å²) >= 11 is 0. The second kappa shape index (κ2) is 6.90. The molecule has 4 nitrogen and oxygen atoms in total. The maximum atomic E-state index is 12.3. The van der Waals surface area contributed by atoms with Crippen molar-refractivity contribution in [1.82, 2.24) is 10.2 Å². The predicted molar refractivity (Wildman–Crippen MR) is 82.4 cm³/mol. The molecule has 116 valence electrons. The first-order valence-electron chi connectivity index (χ1n) is 8.21. The molecule has 2 saturated heterocycles. The maximum Gasteiger partial charge on any atom is 0.222 e. The van der Waals surface area contributed by atoms with Gasteiger partial charge >= 0.3 is 0 Å². The molecular weight excluding hydrogens is 250 g/mol. The van der Waals surface area contributed by atoms with Crippen LogP contribution in [0.1, 0.15) is 52.4 Å². The summed E-state index contributed by atoms with van der Waals surface area (Å²) in [5.41, 5.74) is 6.05. The minimum absolute atomic E-state index is 0.194. The number of hydrogen-bond donors (Lipinski definition) is 2. The second-order valence-electron chi connectivity index (χ2n) is 7.19. The number of nitrogens with zero attached hydrogens (tertiary/aromatic N) is 1. The van der Waals surface area contributed by atoms with Crippen molar-refractivity contribution < 1.29 is 4.79 Å². The Labute approximate surface area is 123 Å². The van der Waals surface area contributed by atoms with Gasteiger partial charge in [-0.1, -0.05) is 13.8 Å². The molecule has 0 aromatic rings. The lowest BCUT2D eigenvalue weighted by atomic mass is 9.89. The Kier molecular flexibility index (Phi) is 5.44. The smallest absolute Gasteiger partial charge is 0.222 e. The van der Waals surface area contributed by atoms with Crippen molar-refractivity contribution in [2.75, 3.05) is 13.6 Å². The van der Waals surface area contributed by atoms with Gasteiger partial charge in [-0.3, -0.25) is 4.79 Å². The van der Waals surface area contributed by atoms with Crippen molar-refractivity contribution in [2.24, 2.45) is 17.6 Å². The molecule has 2 fully saturated rings. The van der Waals surface area contributed by atoms with Crippen molar-refractivity contribution in [3.8, 4) is 0 Å². The zero-order valence-electron chi connectivity index (χ0n) is 13.3. The zero-order chi connectivity index (χ0) is 14.7. The first kappa shape index (κ1) is 15.8. The van der Waals surface area contributed by atoms with Crippen LogP contribution in [0.2, 0.25) is 0 Å². The molecule has 3 unspecified atom stereocenters. The van der Waals surface area contributed by atoms with E-state index in [4.69, 9.17) is 5.73 Å². The number of piperidine rings is 1. The Morgan fingerprint density at radius 1 is 1.30 bits per heavy atom. The zero-order valence-corrected chi connectivity index (χ0v) is 13.3. The van der Waals surface area contributed by atoms with E-state index in [9.17, 15) is 4.79 Å². The third-order valence-electron chi connectivity index (χ3n) is 5.11. The van der Waals surface area contributed by atoms with Gasteiger partial charge in [-0.15, -0.1) is 0 Å². The predicted octanol–water partition coefficient (Wildman–Crippen LogP) is 1.74. The quantitative estimate of drug-likeness (QED) is 0.779. The van der Waals surface area contributed by atoms with Gasteiger partial charge in [0.25, 0.3) is 0 Å². The Balaban J connectivity index is 1.71. The molecule has 0 aromatic carbocycles. The number of fused-ring (bicyclic) bond motifs is 2. The van der Waals surface area contributed by atoms with Gasteiger partial charge in [0.2, 0.25) is 5.91 Å². The average Bonchev–Trinajstić information content (AvgIpc) is 2.74. The van der Waals surface area contributed by atoms with Gasteiger partial charge in [-0.05, 0) is 43.9 Å². The average molecular weight is 281 g/mol. The van der Waals surface area contributed by atoms with Crippen LogP contribution < -0.4 is 11.1 Å². The summed E-state index contributed by atoms with van der Waals surface area (Å²) in [4.78, 5) is 14.2. The largest absolute Gasteiger partial charge is 0.346 e. The van der Waals surface area contributed by atoms with Crippen LogP contribution in [-0.4, -0.2) is 42.5 Å². The van der Waals surface area contributed by atoms with Crippen LogP contribution in [0.25, 0.3) is 0 Å². The summed E-state index contributed by atoms with van der Waals surface area (Å²) in [6, 6.07) is 1.54.